The van der Waals surface area contributed by atoms with Gasteiger partial charge in [-0.2, -0.15) is 0 Å². The molecule has 0 fully saturated rings. The van der Waals surface area contributed by atoms with Gasteiger partial charge in [0.1, 0.15) is 5.75 Å². The van der Waals surface area contributed by atoms with Gasteiger partial charge in [0.25, 0.3) is 0 Å². The number of hydrogen-bond donors (Lipinski definition) is 1. The third-order valence-electron chi connectivity index (χ3n) is 4.39. The summed E-state index contributed by atoms with van der Waals surface area (Å²) in [5.41, 5.74) is 4.36. The Hall–Kier alpha value is -1.61. The first-order valence-corrected chi connectivity index (χ1v) is 9.65. The molecule has 2 rings (SSSR count). The molecule has 3 heteroatoms. The van der Waals surface area contributed by atoms with Crippen molar-refractivity contribution >= 4 is 21.7 Å². The van der Waals surface area contributed by atoms with Crippen LogP contribution in [-0.2, 0) is 10.8 Å². The van der Waals surface area contributed by atoms with Crippen molar-refractivity contribution < 1.29 is 9.90 Å². The average Bonchev–Trinajstić information content (AvgIpc) is 2.52. The first kappa shape index (κ1) is 19.7. The lowest BCUT2D eigenvalue weighted by atomic mass is 9.77. The fourth-order valence-corrected chi connectivity index (χ4v) is 3.19. The summed E-state index contributed by atoms with van der Waals surface area (Å²) < 4.78 is 0. The molecular weight excluding hydrogens is 376 g/mol. The Labute approximate surface area is 159 Å². The van der Waals surface area contributed by atoms with Crippen LogP contribution in [0, 0.1) is 0 Å². The molecule has 0 aromatic heterocycles. The Morgan fingerprint density at radius 3 is 1.68 bits per heavy atom. The van der Waals surface area contributed by atoms with Gasteiger partial charge in [-0.15, -0.1) is 0 Å². The van der Waals surface area contributed by atoms with Gasteiger partial charge in [0, 0.05) is 16.7 Å². The normalized spacial score (nSPS) is 12.3. The fraction of sp³-hybridized carbons (Fsp3) is 0.409. The Morgan fingerprint density at radius 1 is 0.880 bits per heavy atom. The lowest BCUT2D eigenvalue weighted by Gasteiger charge is -2.28. The van der Waals surface area contributed by atoms with E-state index in [2.05, 4.69) is 69.6 Å². The van der Waals surface area contributed by atoms with E-state index in [1.807, 2.05) is 24.3 Å². The Morgan fingerprint density at radius 2 is 1.32 bits per heavy atom. The van der Waals surface area contributed by atoms with Gasteiger partial charge in [-0.3, -0.25) is 4.79 Å². The highest BCUT2D eigenvalue weighted by molar-refractivity contribution is 9.09. The van der Waals surface area contributed by atoms with E-state index < -0.39 is 0 Å². The molecule has 134 valence electrons. The largest absolute Gasteiger partial charge is 0.507 e. The monoisotopic (exact) mass is 402 g/mol. The zero-order chi connectivity index (χ0) is 19.0. The standard InChI is InChI=1S/C22H27BrO2/c1-21(2,3)17-11-16(12-18(20(17)25)22(4,5)6)14-7-9-15(10-8-14)19(24)13-23/h7-12,25H,13H2,1-6H3. The molecule has 0 radical (unpaired) electrons. The lowest BCUT2D eigenvalue weighted by Crippen LogP contribution is -2.17. The molecule has 25 heavy (non-hydrogen) atoms. The second-order valence-corrected chi connectivity index (χ2v) is 9.11. The van der Waals surface area contributed by atoms with Gasteiger partial charge in [-0.05, 0) is 34.1 Å². The van der Waals surface area contributed by atoms with Crippen molar-refractivity contribution in [2.75, 3.05) is 5.33 Å². The topological polar surface area (TPSA) is 37.3 Å². The molecule has 0 aliphatic rings. The van der Waals surface area contributed by atoms with E-state index in [-0.39, 0.29) is 16.6 Å². The number of carbonyl (C=O) groups excluding carboxylic acids is 1. The summed E-state index contributed by atoms with van der Waals surface area (Å²) in [6.45, 7) is 12.6. The van der Waals surface area contributed by atoms with E-state index in [0.717, 1.165) is 22.3 Å². The molecule has 0 atom stereocenters. The van der Waals surface area contributed by atoms with Crippen LogP contribution in [0.1, 0.15) is 63.0 Å². The highest BCUT2D eigenvalue weighted by atomic mass is 79.9. The Bertz CT molecular complexity index is 740. The number of carbonyl (C=O) groups is 1. The third-order valence-corrected chi connectivity index (χ3v) is 4.90. The van der Waals surface area contributed by atoms with Crippen molar-refractivity contribution in [1.29, 1.82) is 0 Å². The first-order chi connectivity index (χ1) is 11.4. The van der Waals surface area contributed by atoms with E-state index >= 15 is 0 Å². The summed E-state index contributed by atoms with van der Waals surface area (Å²) in [5, 5.41) is 11.2. The van der Waals surface area contributed by atoms with Gasteiger partial charge < -0.3 is 5.11 Å². The van der Waals surface area contributed by atoms with Crippen molar-refractivity contribution in [2.45, 2.75) is 52.4 Å². The molecule has 0 amide bonds. The smallest absolute Gasteiger partial charge is 0.173 e. The maximum absolute atomic E-state index is 11.8. The predicted molar refractivity (Wildman–Crippen MR) is 109 cm³/mol. The molecule has 0 aliphatic carbocycles. The number of Topliss-reactive ketones (excluding diaryl/α,β-unsaturated/α-hetero) is 1. The average molecular weight is 403 g/mol. The molecule has 2 aromatic carbocycles. The summed E-state index contributed by atoms with van der Waals surface area (Å²) >= 11 is 3.21. The SMILES string of the molecule is CC(C)(C)c1cc(-c2ccc(C(=O)CBr)cc2)cc(C(C)(C)C)c1O. The number of phenols is 1. The van der Waals surface area contributed by atoms with Crippen LogP contribution in [0.5, 0.6) is 5.75 Å². The van der Waals surface area contributed by atoms with Crippen molar-refractivity contribution in [3.05, 3.63) is 53.1 Å². The molecule has 0 unspecified atom stereocenters. The van der Waals surface area contributed by atoms with Crippen LogP contribution < -0.4 is 0 Å². The summed E-state index contributed by atoms with van der Waals surface area (Å²) in [4.78, 5) is 11.8. The van der Waals surface area contributed by atoms with Crippen LogP contribution >= 0.6 is 15.9 Å². The van der Waals surface area contributed by atoms with Crippen LogP contribution in [0.3, 0.4) is 0 Å². The highest BCUT2D eigenvalue weighted by Gasteiger charge is 2.26. The number of phenolic OH excluding ortho intramolecular Hbond substituents is 1. The summed E-state index contributed by atoms with van der Waals surface area (Å²) in [6.07, 6.45) is 0. The van der Waals surface area contributed by atoms with Gasteiger partial charge >= 0.3 is 0 Å². The Kier molecular flexibility index (Phi) is 5.48. The quantitative estimate of drug-likeness (QED) is 0.487. The first-order valence-electron chi connectivity index (χ1n) is 8.52. The maximum Gasteiger partial charge on any atom is 0.173 e. The van der Waals surface area contributed by atoms with E-state index in [9.17, 15) is 9.90 Å². The fourth-order valence-electron chi connectivity index (χ4n) is 2.87. The van der Waals surface area contributed by atoms with Crippen molar-refractivity contribution in [1.82, 2.24) is 0 Å². The number of benzene rings is 2. The van der Waals surface area contributed by atoms with E-state index in [1.165, 1.54) is 0 Å². The third kappa shape index (κ3) is 4.33. The van der Waals surface area contributed by atoms with Crippen molar-refractivity contribution in [3.63, 3.8) is 0 Å². The summed E-state index contributed by atoms with van der Waals surface area (Å²) in [5.74, 6) is 0.456. The molecule has 0 aliphatic heterocycles. The molecule has 2 nitrogen and oxygen atoms in total. The maximum atomic E-state index is 11.8. The number of hydrogen-bond acceptors (Lipinski definition) is 2. The van der Waals surface area contributed by atoms with Gasteiger partial charge in [0.15, 0.2) is 5.78 Å². The van der Waals surface area contributed by atoms with Crippen molar-refractivity contribution in [2.24, 2.45) is 0 Å². The number of halogens is 1. The molecule has 0 spiro atoms. The van der Waals surface area contributed by atoms with Crippen LogP contribution in [0.4, 0.5) is 0 Å². The molecule has 0 heterocycles. The highest BCUT2D eigenvalue weighted by Crippen LogP contribution is 2.41. The van der Waals surface area contributed by atoms with Crippen LogP contribution in [0.25, 0.3) is 11.1 Å². The number of aromatic hydroxyl groups is 1. The van der Waals surface area contributed by atoms with Gasteiger partial charge in [-0.25, -0.2) is 0 Å². The minimum absolute atomic E-state index is 0.0722. The number of alkyl halides is 1. The van der Waals surface area contributed by atoms with Crippen LogP contribution in [0.15, 0.2) is 36.4 Å². The van der Waals surface area contributed by atoms with Crippen LogP contribution in [-0.4, -0.2) is 16.2 Å². The van der Waals surface area contributed by atoms with Gasteiger partial charge in [0.2, 0.25) is 0 Å². The van der Waals surface area contributed by atoms with Gasteiger partial charge in [0.05, 0.1) is 5.33 Å². The van der Waals surface area contributed by atoms with E-state index in [4.69, 9.17) is 0 Å². The molecule has 0 bridgehead atoms. The lowest BCUT2D eigenvalue weighted by molar-refractivity contribution is 0.102. The molecule has 2 aromatic rings. The predicted octanol–water partition coefficient (Wildman–Crippen LogP) is 6.23. The van der Waals surface area contributed by atoms with Gasteiger partial charge in [-0.1, -0.05) is 81.7 Å². The van der Waals surface area contributed by atoms with Crippen LogP contribution in [0.2, 0.25) is 0 Å². The van der Waals surface area contributed by atoms with E-state index in [1.54, 1.807) is 0 Å². The second kappa shape index (κ2) is 6.95. The number of ketones is 1. The zero-order valence-electron chi connectivity index (χ0n) is 15.9. The number of rotatable bonds is 3. The molecule has 0 saturated carbocycles. The van der Waals surface area contributed by atoms with E-state index in [0.29, 0.717) is 16.6 Å². The summed E-state index contributed by atoms with van der Waals surface area (Å²) in [7, 11) is 0. The molecular formula is C22H27BrO2. The minimum Gasteiger partial charge on any atom is -0.507 e. The Balaban J connectivity index is 2.63. The van der Waals surface area contributed by atoms with Crippen molar-refractivity contribution in [3.8, 4) is 16.9 Å². The minimum atomic E-state index is -0.161. The molecule has 0 saturated heterocycles. The zero-order valence-corrected chi connectivity index (χ0v) is 17.5. The second-order valence-electron chi connectivity index (χ2n) is 8.55. The molecule has 1 N–H and O–H groups in total. The summed E-state index contributed by atoms with van der Waals surface area (Å²) in [6, 6.07) is 11.8.